The van der Waals surface area contributed by atoms with E-state index >= 15 is 0 Å². The van der Waals surface area contributed by atoms with Crippen LogP contribution in [0.25, 0.3) is 11.4 Å². The van der Waals surface area contributed by atoms with Crippen LogP contribution in [-0.2, 0) is 33.5 Å². The number of benzene rings is 2. The van der Waals surface area contributed by atoms with Crippen LogP contribution >= 0.6 is 53.8 Å². The maximum Gasteiger partial charge on any atom is 0.355 e. The predicted octanol–water partition coefficient (Wildman–Crippen LogP) is 5.14. The normalized spacial score (nSPS) is 14.2. The van der Waals surface area contributed by atoms with E-state index in [0.29, 0.717) is 32.7 Å². The summed E-state index contributed by atoms with van der Waals surface area (Å²) in [5.41, 5.74) is 3.78. The average molecular weight is 903 g/mol. The van der Waals surface area contributed by atoms with Crippen molar-refractivity contribution >= 4 is 65.7 Å². The molecule has 5 rings (SSSR count). The number of terminal acetylenes is 1. The summed E-state index contributed by atoms with van der Waals surface area (Å²) in [6, 6.07) is 3.97. The lowest BCUT2D eigenvalue weighted by Gasteiger charge is -2.10. The molecule has 0 saturated heterocycles. The molecule has 3 heterocycles. The summed E-state index contributed by atoms with van der Waals surface area (Å²) >= 11 is 23.8. The van der Waals surface area contributed by atoms with Crippen molar-refractivity contribution < 1.29 is 47.2 Å². The summed E-state index contributed by atoms with van der Waals surface area (Å²) in [6.07, 6.45) is 7.71. The van der Waals surface area contributed by atoms with Gasteiger partial charge in [0.2, 0.25) is 0 Å². The molecule has 3 unspecified atom stereocenters. The molecule has 57 heavy (non-hydrogen) atoms. The van der Waals surface area contributed by atoms with E-state index < -0.39 is 54.5 Å². The summed E-state index contributed by atoms with van der Waals surface area (Å²) in [5.74, 6) is -0.235. The number of ether oxygens (including phenoxy) is 1. The SMILES string of the molecule is C#CCOc1cc(-n2nc3n(c2=O)CCCC3)c(Cl)cc1Cl.CP(=O)(O)CCC(N)C(=O)O.Cc1nn(-c2cc(CC(Cl)C(=O)O)c(Cl)cc2F)c(=O)n1C(F)F. The molecule has 2 aromatic carbocycles. The Balaban J connectivity index is 0.000000245. The van der Waals surface area contributed by atoms with Crippen molar-refractivity contribution in [2.24, 2.45) is 5.73 Å². The number of halogens is 7. The number of fused-ring (bicyclic) bond motifs is 1. The number of hydrogen-bond acceptors (Lipinski definition) is 9. The molecule has 1 aliphatic rings. The van der Waals surface area contributed by atoms with E-state index in [9.17, 15) is 36.9 Å². The standard InChI is InChI=1S/C15H13Cl2N3O2.C13H10Cl2F3N3O3.C5H12NO4P/c1-2-7-22-13-9-12(10(16)8-11(13)17)20-15(21)19-6-4-3-5-14(19)18-20;1-5-19-21(13(24)20(5)12(17)18)10-3-6(2-8(15)11(22)23)7(14)4-9(10)16;1-11(9,10)3-2-4(6)5(7)8/h1,8-9H,3-7H2;3-4,8,12H,2H2,1H3,(H,22,23);4H,2-3,6H2,1H3,(H,7,8)(H,9,10). The van der Waals surface area contributed by atoms with Crippen LogP contribution < -0.4 is 21.9 Å². The number of nitrogens with zero attached hydrogens (tertiary/aromatic N) is 6. The zero-order chi connectivity index (χ0) is 42.9. The number of alkyl halides is 3. The lowest BCUT2D eigenvalue weighted by Crippen LogP contribution is -2.30. The first kappa shape index (κ1) is 47.1. The van der Waals surface area contributed by atoms with Gasteiger partial charge < -0.3 is 25.6 Å². The smallest absolute Gasteiger partial charge is 0.355 e. The molecule has 0 saturated carbocycles. The van der Waals surface area contributed by atoms with Gasteiger partial charge in [0.05, 0.1) is 15.7 Å². The van der Waals surface area contributed by atoms with Crippen LogP contribution in [0.3, 0.4) is 0 Å². The molecule has 0 aliphatic carbocycles. The van der Waals surface area contributed by atoms with Crippen LogP contribution in [0, 0.1) is 25.1 Å². The molecule has 5 N–H and O–H groups in total. The van der Waals surface area contributed by atoms with E-state index in [2.05, 4.69) is 16.1 Å². The number of aliphatic carboxylic acids is 2. The van der Waals surface area contributed by atoms with Crippen molar-refractivity contribution in [2.45, 2.75) is 63.5 Å². The minimum absolute atomic E-state index is 0.0412. The lowest BCUT2D eigenvalue weighted by molar-refractivity contribution is -0.138. The monoisotopic (exact) mass is 901 g/mol. The quantitative estimate of drug-likeness (QED) is 0.0824. The van der Waals surface area contributed by atoms with Crippen molar-refractivity contribution in [2.75, 3.05) is 19.4 Å². The first-order valence-electron chi connectivity index (χ1n) is 16.4. The first-order chi connectivity index (χ1) is 26.6. The number of carbonyl (C=O) groups is 2. The number of aryl methyl sites for hydroxylation is 2. The number of carboxylic acids is 2. The highest BCUT2D eigenvalue weighted by Gasteiger charge is 2.24. The summed E-state index contributed by atoms with van der Waals surface area (Å²) in [5, 5.41) is 24.3. The Kier molecular flexibility index (Phi) is 16.9. The third-order valence-corrected chi connectivity index (χ3v) is 10.2. The molecule has 3 atom stereocenters. The van der Waals surface area contributed by atoms with Gasteiger partial charge in [-0.2, -0.15) is 18.1 Å². The van der Waals surface area contributed by atoms with Gasteiger partial charge in [-0.15, -0.1) is 28.2 Å². The molecule has 1 aliphatic heterocycles. The fourth-order valence-electron chi connectivity index (χ4n) is 5.01. The number of nitrogens with two attached hydrogens (primary N) is 1. The maximum absolute atomic E-state index is 14.1. The molecule has 0 radical (unpaired) electrons. The van der Waals surface area contributed by atoms with Crippen molar-refractivity contribution in [1.29, 1.82) is 0 Å². The number of hydrogen-bond donors (Lipinski definition) is 4. The number of aromatic nitrogens is 6. The van der Waals surface area contributed by atoms with Gasteiger partial charge in [-0.1, -0.05) is 40.7 Å². The molecule has 0 amide bonds. The maximum atomic E-state index is 14.1. The van der Waals surface area contributed by atoms with Gasteiger partial charge in [-0.25, -0.2) is 18.5 Å². The fourth-order valence-corrected chi connectivity index (χ4v) is 6.68. The van der Waals surface area contributed by atoms with E-state index in [1.54, 1.807) is 10.6 Å². The van der Waals surface area contributed by atoms with Crippen LogP contribution in [0.15, 0.2) is 33.9 Å². The van der Waals surface area contributed by atoms with Crippen LogP contribution in [0.1, 0.15) is 43.0 Å². The minimum Gasteiger partial charge on any atom is -0.480 e. The van der Waals surface area contributed by atoms with Gasteiger partial charge >= 0.3 is 29.9 Å². The lowest BCUT2D eigenvalue weighted by atomic mass is 10.1. The Morgan fingerprint density at radius 3 is 2.21 bits per heavy atom. The second-order valence-corrected chi connectivity index (χ2v) is 16.5. The van der Waals surface area contributed by atoms with E-state index in [1.807, 2.05) is 0 Å². The Morgan fingerprint density at radius 1 is 1.02 bits per heavy atom. The Morgan fingerprint density at radius 2 is 1.67 bits per heavy atom. The molecule has 16 nitrogen and oxygen atoms in total. The van der Waals surface area contributed by atoms with Gasteiger partial charge in [0, 0.05) is 43.3 Å². The second kappa shape index (κ2) is 20.4. The van der Waals surface area contributed by atoms with Gasteiger partial charge in [0.25, 0.3) is 0 Å². The molecule has 2 aromatic heterocycles. The Bertz CT molecular complexity index is 2320. The molecule has 0 fully saturated rings. The van der Waals surface area contributed by atoms with Gasteiger partial charge in [-0.3, -0.25) is 18.7 Å². The summed E-state index contributed by atoms with van der Waals surface area (Å²) in [6.45, 7) is -0.0327. The third kappa shape index (κ3) is 12.6. The minimum atomic E-state index is -3.14. The summed E-state index contributed by atoms with van der Waals surface area (Å²) in [4.78, 5) is 54.1. The van der Waals surface area contributed by atoms with E-state index in [0.717, 1.165) is 44.1 Å². The zero-order valence-corrected chi connectivity index (χ0v) is 33.8. The van der Waals surface area contributed by atoms with Crippen molar-refractivity contribution in [1.82, 2.24) is 28.7 Å². The van der Waals surface area contributed by atoms with Crippen LogP contribution in [0.4, 0.5) is 13.2 Å². The Hall–Kier alpha value is -4.28. The molecule has 0 spiro atoms. The third-order valence-electron chi connectivity index (χ3n) is 7.87. The molecule has 24 heteroatoms. The first-order valence-corrected chi connectivity index (χ1v) is 20.3. The summed E-state index contributed by atoms with van der Waals surface area (Å²) < 4.78 is 59.3. The molecular weight excluding hydrogens is 868 g/mol. The highest BCUT2D eigenvalue weighted by atomic mass is 35.5. The van der Waals surface area contributed by atoms with E-state index in [4.69, 9.17) is 78.4 Å². The Labute approximate surface area is 341 Å². The molecule has 0 bridgehead atoms. The van der Waals surface area contributed by atoms with E-state index in [-0.39, 0.29) is 52.3 Å². The average Bonchev–Trinajstić information content (AvgIpc) is 3.62. The van der Waals surface area contributed by atoms with Crippen LogP contribution in [0.2, 0.25) is 15.1 Å². The van der Waals surface area contributed by atoms with Crippen molar-refractivity contribution in [3.05, 3.63) is 83.3 Å². The largest absolute Gasteiger partial charge is 0.480 e. The van der Waals surface area contributed by atoms with Crippen LogP contribution in [0.5, 0.6) is 5.75 Å². The van der Waals surface area contributed by atoms with Gasteiger partial charge in [0.1, 0.15) is 41.1 Å². The highest BCUT2D eigenvalue weighted by Crippen LogP contribution is 2.36. The van der Waals surface area contributed by atoms with Gasteiger partial charge in [0.15, 0.2) is 13.2 Å². The predicted molar refractivity (Wildman–Crippen MR) is 206 cm³/mol. The highest BCUT2D eigenvalue weighted by molar-refractivity contribution is 7.57. The number of rotatable bonds is 12. The molecular formula is C33H35Cl4F3N7O9P. The van der Waals surface area contributed by atoms with Crippen molar-refractivity contribution in [3.63, 3.8) is 0 Å². The second-order valence-electron chi connectivity index (χ2n) is 12.2. The topological polar surface area (TPSA) is 227 Å². The number of carboxylic acid groups (broad SMARTS) is 2. The molecule has 310 valence electrons. The van der Waals surface area contributed by atoms with Crippen molar-refractivity contribution in [3.8, 4) is 29.5 Å². The van der Waals surface area contributed by atoms with Gasteiger partial charge in [-0.05, 0) is 49.9 Å². The van der Waals surface area contributed by atoms with E-state index in [1.165, 1.54) is 17.4 Å². The zero-order valence-electron chi connectivity index (χ0n) is 29.9. The van der Waals surface area contributed by atoms with Crippen LogP contribution in [-0.4, -0.2) is 86.6 Å². The summed E-state index contributed by atoms with van der Waals surface area (Å²) in [7, 11) is -3.10. The fraction of sp³-hybridized carbons (Fsp3) is 0.394. The molecule has 4 aromatic rings.